The average molecular weight is 132 g/mol. The Morgan fingerprint density at radius 1 is 1.70 bits per heavy atom. The summed E-state index contributed by atoms with van der Waals surface area (Å²) in [6, 6.07) is 0. The van der Waals surface area contributed by atoms with Crippen LogP contribution in [0.25, 0.3) is 0 Å². The van der Waals surface area contributed by atoms with E-state index in [2.05, 4.69) is 31.4 Å². The van der Waals surface area contributed by atoms with Gasteiger partial charge >= 0.3 is 0 Å². The monoisotopic (exact) mass is 132 g/mol. The van der Waals surface area contributed by atoms with Crippen LogP contribution in [-0.4, -0.2) is 0 Å². The van der Waals surface area contributed by atoms with Crippen LogP contribution >= 0.6 is 0 Å². The average Bonchev–Trinajstić information content (AvgIpc) is 2.15. The molecule has 1 aliphatic carbocycles. The highest BCUT2D eigenvalue weighted by atomic mass is 14.1. The van der Waals surface area contributed by atoms with Crippen molar-refractivity contribution in [2.75, 3.05) is 0 Å². The van der Waals surface area contributed by atoms with E-state index in [-0.39, 0.29) is 0 Å². The van der Waals surface area contributed by atoms with Gasteiger partial charge in [0.2, 0.25) is 0 Å². The summed E-state index contributed by atoms with van der Waals surface area (Å²) < 4.78 is 0. The molecule has 0 amide bonds. The molecule has 0 saturated carbocycles. The van der Waals surface area contributed by atoms with Crippen LogP contribution in [-0.2, 0) is 0 Å². The number of hydrogen-bond acceptors (Lipinski definition) is 0. The predicted octanol–water partition coefficient (Wildman–Crippen LogP) is 3.01. The second-order valence-corrected chi connectivity index (χ2v) is 2.65. The van der Waals surface area contributed by atoms with Gasteiger partial charge in [0.1, 0.15) is 0 Å². The molecule has 0 unspecified atom stereocenters. The third kappa shape index (κ3) is 1.47. The van der Waals surface area contributed by atoms with Gasteiger partial charge in [-0.2, -0.15) is 0 Å². The molecule has 10 heavy (non-hydrogen) atoms. The fourth-order valence-corrected chi connectivity index (χ4v) is 1.02. The first-order valence-corrected chi connectivity index (χ1v) is 3.42. The van der Waals surface area contributed by atoms with Gasteiger partial charge in [0.25, 0.3) is 0 Å². The molecule has 0 aromatic heterocycles. The summed E-state index contributed by atoms with van der Waals surface area (Å²) in [6.07, 6.45) is 7.28. The molecule has 0 aromatic rings. The van der Waals surface area contributed by atoms with E-state index < -0.39 is 0 Å². The van der Waals surface area contributed by atoms with E-state index in [4.69, 9.17) is 0 Å². The highest BCUT2D eigenvalue weighted by Gasteiger charge is 2.02. The molecule has 0 aliphatic heterocycles. The molecule has 52 valence electrons. The van der Waals surface area contributed by atoms with Crippen molar-refractivity contribution >= 4 is 0 Å². The zero-order chi connectivity index (χ0) is 7.56. The van der Waals surface area contributed by atoms with E-state index in [0.717, 1.165) is 17.6 Å². The molecule has 0 fully saturated rings. The standard InChI is InChI=1S/C10H12/c1-8(2)7-10-6-4-5-9(10)3/h4-5,7H,1,3,6H2,2H3/b10-7-. The summed E-state index contributed by atoms with van der Waals surface area (Å²) in [6.45, 7) is 9.70. The van der Waals surface area contributed by atoms with Crippen molar-refractivity contribution in [3.8, 4) is 0 Å². The zero-order valence-electron chi connectivity index (χ0n) is 6.35. The van der Waals surface area contributed by atoms with E-state index in [0.29, 0.717) is 0 Å². The van der Waals surface area contributed by atoms with Crippen LogP contribution in [0.3, 0.4) is 0 Å². The molecule has 0 aromatic carbocycles. The van der Waals surface area contributed by atoms with Crippen molar-refractivity contribution in [1.29, 1.82) is 0 Å². The van der Waals surface area contributed by atoms with Crippen LogP contribution in [0, 0.1) is 0 Å². The highest BCUT2D eigenvalue weighted by Crippen LogP contribution is 2.22. The number of hydrogen-bond donors (Lipinski definition) is 0. The normalized spacial score (nSPS) is 20.5. The Kier molecular flexibility index (Phi) is 1.91. The van der Waals surface area contributed by atoms with Gasteiger partial charge in [0, 0.05) is 0 Å². The molecule has 0 heteroatoms. The molecule has 0 saturated heterocycles. The van der Waals surface area contributed by atoms with Crippen molar-refractivity contribution < 1.29 is 0 Å². The van der Waals surface area contributed by atoms with Crippen molar-refractivity contribution in [2.24, 2.45) is 0 Å². The Morgan fingerprint density at radius 3 is 2.80 bits per heavy atom. The Labute approximate surface area is 62.3 Å². The van der Waals surface area contributed by atoms with Gasteiger partial charge in [-0.3, -0.25) is 0 Å². The maximum atomic E-state index is 3.89. The predicted molar refractivity (Wildman–Crippen MR) is 45.8 cm³/mol. The first kappa shape index (κ1) is 7.07. The SMILES string of the molecule is C=C(C)/C=C1/CC=CC1=C. The molecule has 0 atom stereocenters. The fraction of sp³-hybridized carbons (Fsp3) is 0.200. The summed E-state index contributed by atoms with van der Waals surface area (Å²) in [5.41, 5.74) is 3.52. The molecule has 0 radical (unpaired) electrons. The molecule has 1 rings (SSSR count). The van der Waals surface area contributed by atoms with Crippen LogP contribution in [0.5, 0.6) is 0 Å². The molecule has 0 heterocycles. The lowest BCUT2D eigenvalue weighted by molar-refractivity contribution is 1.30. The van der Waals surface area contributed by atoms with Crippen LogP contribution in [0.1, 0.15) is 13.3 Å². The van der Waals surface area contributed by atoms with Crippen LogP contribution in [0.2, 0.25) is 0 Å². The zero-order valence-corrected chi connectivity index (χ0v) is 6.35. The van der Waals surface area contributed by atoms with E-state index in [1.165, 1.54) is 5.57 Å². The van der Waals surface area contributed by atoms with E-state index in [1.54, 1.807) is 0 Å². The van der Waals surface area contributed by atoms with Crippen molar-refractivity contribution in [2.45, 2.75) is 13.3 Å². The Morgan fingerprint density at radius 2 is 2.40 bits per heavy atom. The first-order valence-electron chi connectivity index (χ1n) is 3.42. The van der Waals surface area contributed by atoms with Gasteiger partial charge in [-0.05, 0) is 24.5 Å². The Bertz CT molecular complexity index is 226. The molecular weight excluding hydrogens is 120 g/mol. The largest absolute Gasteiger partial charge is 0.0961 e. The van der Waals surface area contributed by atoms with Crippen molar-refractivity contribution in [3.63, 3.8) is 0 Å². The Balaban J connectivity index is 2.77. The second-order valence-electron chi connectivity index (χ2n) is 2.65. The van der Waals surface area contributed by atoms with Gasteiger partial charge in [-0.1, -0.05) is 37.0 Å². The second kappa shape index (κ2) is 2.70. The summed E-state index contributed by atoms with van der Waals surface area (Å²) in [5.74, 6) is 0. The third-order valence-corrected chi connectivity index (χ3v) is 1.49. The minimum absolute atomic E-state index is 1.02. The minimum atomic E-state index is 1.02. The van der Waals surface area contributed by atoms with Gasteiger partial charge < -0.3 is 0 Å². The Hall–Kier alpha value is -1.04. The molecular formula is C10H12. The topological polar surface area (TPSA) is 0 Å². The lowest BCUT2D eigenvalue weighted by atomic mass is 10.1. The van der Waals surface area contributed by atoms with Crippen LogP contribution < -0.4 is 0 Å². The lowest BCUT2D eigenvalue weighted by Gasteiger charge is -1.96. The maximum absolute atomic E-state index is 3.89. The molecule has 0 bridgehead atoms. The van der Waals surface area contributed by atoms with E-state index >= 15 is 0 Å². The van der Waals surface area contributed by atoms with Crippen LogP contribution in [0.15, 0.2) is 48.1 Å². The molecule has 1 aliphatic rings. The van der Waals surface area contributed by atoms with Crippen molar-refractivity contribution in [3.05, 3.63) is 48.1 Å². The molecule has 0 spiro atoms. The smallest absolute Gasteiger partial charge is 0.00883 e. The number of allylic oxidation sites excluding steroid dienone is 6. The minimum Gasteiger partial charge on any atom is -0.0961 e. The van der Waals surface area contributed by atoms with Gasteiger partial charge in [0.05, 0.1) is 0 Å². The van der Waals surface area contributed by atoms with Gasteiger partial charge in [0.15, 0.2) is 0 Å². The van der Waals surface area contributed by atoms with E-state index in [9.17, 15) is 0 Å². The van der Waals surface area contributed by atoms with Crippen LogP contribution in [0.4, 0.5) is 0 Å². The maximum Gasteiger partial charge on any atom is -0.00883 e. The molecule has 0 nitrogen and oxygen atoms in total. The lowest BCUT2D eigenvalue weighted by Crippen LogP contribution is -1.76. The van der Waals surface area contributed by atoms with Gasteiger partial charge in [-0.25, -0.2) is 0 Å². The number of rotatable bonds is 1. The quantitative estimate of drug-likeness (QED) is 0.514. The first-order chi connectivity index (χ1) is 4.70. The fourth-order valence-electron chi connectivity index (χ4n) is 1.02. The summed E-state index contributed by atoms with van der Waals surface area (Å²) in [5, 5.41) is 0. The molecule has 0 N–H and O–H groups in total. The van der Waals surface area contributed by atoms with Gasteiger partial charge in [-0.15, -0.1) is 0 Å². The van der Waals surface area contributed by atoms with E-state index in [1.807, 2.05) is 6.92 Å². The third-order valence-electron chi connectivity index (χ3n) is 1.49. The summed E-state index contributed by atoms with van der Waals surface area (Å²) >= 11 is 0. The highest BCUT2D eigenvalue weighted by molar-refractivity contribution is 5.46. The summed E-state index contributed by atoms with van der Waals surface area (Å²) in [7, 11) is 0. The van der Waals surface area contributed by atoms with Crippen molar-refractivity contribution in [1.82, 2.24) is 0 Å². The summed E-state index contributed by atoms with van der Waals surface area (Å²) in [4.78, 5) is 0.